The zero-order valence-corrected chi connectivity index (χ0v) is 22.7. The summed E-state index contributed by atoms with van der Waals surface area (Å²) in [6.45, 7) is 4.28. The molecule has 3 amide bonds. The molecule has 1 atom stereocenters. The average molecular weight is 545 g/mol. The van der Waals surface area contributed by atoms with Gasteiger partial charge >= 0.3 is 0 Å². The minimum absolute atomic E-state index is 0.0137. The minimum Gasteiger partial charge on any atom is -0.397 e. The number of nitrogens with two attached hydrogens (primary N) is 1. The van der Waals surface area contributed by atoms with E-state index in [-0.39, 0.29) is 36.7 Å². The fourth-order valence-electron chi connectivity index (χ4n) is 3.94. The number of hydrogen-bond acceptors (Lipinski definition) is 7. The van der Waals surface area contributed by atoms with Crippen LogP contribution in [0.15, 0.2) is 72.8 Å². The quantitative estimate of drug-likeness (QED) is 0.178. The Morgan fingerprint density at radius 3 is 2.38 bits per heavy atom. The van der Waals surface area contributed by atoms with Gasteiger partial charge in [-0.05, 0) is 54.3 Å². The third-order valence-corrected chi connectivity index (χ3v) is 6.94. The number of anilines is 3. The van der Waals surface area contributed by atoms with E-state index in [1.165, 1.54) is 11.3 Å². The molecule has 0 saturated heterocycles. The molecular formula is C29H32N6O3S. The van der Waals surface area contributed by atoms with Crippen molar-refractivity contribution < 1.29 is 14.4 Å². The minimum atomic E-state index is -0.670. The number of nitrogens with zero attached hydrogens (tertiary/aromatic N) is 1. The molecule has 0 radical (unpaired) electrons. The van der Waals surface area contributed by atoms with Gasteiger partial charge in [0.2, 0.25) is 11.8 Å². The van der Waals surface area contributed by atoms with Crippen molar-refractivity contribution in [1.82, 2.24) is 15.6 Å². The molecule has 0 saturated carbocycles. The number of hydrogen-bond donors (Lipinski definition) is 5. The number of nitrogen functional groups attached to an aromatic ring is 1. The average Bonchev–Trinajstić information content (AvgIpc) is 3.34. The van der Waals surface area contributed by atoms with Gasteiger partial charge in [0.05, 0.1) is 28.1 Å². The molecule has 0 unspecified atom stereocenters. The Labute approximate surface area is 231 Å². The fourth-order valence-corrected chi connectivity index (χ4v) is 4.81. The Morgan fingerprint density at radius 1 is 0.949 bits per heavy atom. The number of thiazole rings is 1. The largest absolute Gasteiger partial charge is 0.397 e. The maximum atomic E-state index is 13.0. The first kappa shape index (κ1) is 27.6. The Morgan fingerprint density at radius 2 is 1.67 bits per heavy atom. The normalized spacial score (nSPS) is 11.7. The molecule has 0 aliphatic carbocycles. The van der Waals surface area contributed by atoms with Crippen LogP contribution in [0.3, 0.4) is 0 Å². The SMILES string of the molecule is CC(C)C[C@H](NC(=O)CNc1nc2ccccc2s1)C(=O)NCc1ccc(C(=O)Nc2ccccc2N)cc1. The van der Waals surface area contributed by atoms with Crippen molar-refractivity contribution in [3.8, 4) is 0 Å². The first-order chi connectivity index (χ1) is 18.8. The van der Waals surface area contributed by atoms with E-state index in [0.29, 0.717) is 28.5 Å². The predicted octanol–water partition coefficient (Wildman–Crippen LogP) is 4.39. The van der Waals surface area contributed by atoms with E-state index in [4.69, 9.17) is 5.73 Å². The lowest BCUT2D eigenvalue weighted by Gasteiger charge is -2.20. The molecule has 0 aliphatic heterocycles. The van der Waals surface area contributed by atoms with Crippen molar-refractivity contribution in [2.45, 2.75) is 32.9 Å². The Bertz CT molecular complexity index is 1420. The number of fused-ring (bicyclic) bond motifs is 1. The van der Waals surface area contributed by atoms with Crippen LogP contribution in [0.1, 0.15) is 36.2 Å². The second-order valence-corrected chi connectivity index (χ2v) is 10.6. The topological polar surface area (TPSA) is 138 Å². The molecule has 39 heavy (non-hydrogen) atoms. The van der Waals surface area contributed by atoms with Gasteiger partial charge in [0.1, 0.15) is 6.04 Å². The summed E-state index contributed by atoms with van der Waals surface area (Å²) in [4.78, 5) is 42.6. The summed E-state index contributed by atoms with van der Waals surface area (Å²) in [6.07, 6.45) is 0.500. The second-order valence-electron chi connectivity index (χ2n) is 9.55. The summed E-state index contributed by atoms with van der Waals surface area (Å²) in [6, 6.07) is 21.1. The van der Waals surface area contributed by atoms with Crippen LogP contribution in [-0.2, 0) is 16.1 Å². The second kappa shape index (κ2) is 12.9. The van der Waals surface area contributed by atoms with Crippen LogP contribution in [-0.4, -0.2) is 35.3 Å². The number of para-hydroxylation sites is 3. The molecule has 1 heterocycles. The predicted molar refractivity (Wildman–Crippen MR) is 157 cm³/mol. The molecule has 0 spiro atoms. The van der Waals surface area contributed by atoms with E-state index < -0.39 is 6.04 Å². The van der Waals surface area contributed by atoms with Crippen molar-refractivity contribution in [3.05, 3.63) is 83.9 Å². The Hall–Kier alpha value is -4.44. The van der Waals surface area contributed by atoms with E-state index in [0.717, 1.165) is 15.8 Å². The van der Waals surface area contributed by atoms with E-state index in [1.807, 2.05) is 38.1 Å². The summed E-state index contributed by atoms with van der Waals surface area (Å²) < 4.78 is 1.03. The number of carbonyl (C=O) groups is 3. The lowest BCUT2D eigenvalue weighted by Crippen LogP contribution is -2.48. The highest BCUT2D eigenvalue weighted by atomic mass is 32.1. The third-order valence-electron chi connectivity index (χ3n) is 5.94. The van der Waals surface area contributed by atoms with Crippen molar-refractivity contribution in [3.63, 3.8) is 0 Å². The molecule has 4 aromatic rings. The number of rotatable bonds is 11. The molecule has 0 fully saturated rings. The standard InChI is InChI=1S/C29H32N6O3S/c1-18(2)15-24(33-26(36)17-32-29-35-23-9-5-6-10-25(23)39-29)28(38)31-16-19-11-13-20(14-12-19)27(37)34-22-8-4-3-7-21(22)30/h3-14,18,24H,15-17,30H2,1-2H3,(H,31,38)(H,32,35)(H,33,36)(H,34,37)/t24-/m0/s1. The zero-order chi connectivity index (χ0) is 27.8. The summed E-state index contributed by atoms with van der Waals surface area (Å²) in [7, 11) is 0. The highest BCUT2D eigenvalue weighted by Gasteiger charge is 2.22. The lowest BCUT2D eigenvalue weighted by atomic mass is 10.0. The molecular weight excluding hydrogens is 512 g/mol. The van der Waals surface area contributed by atoms with Crippen molar-refractivity contribution in [1.29, 1.82) is 0 Å². The molecule has 202 valence electrons. The van der Waals surface area contributed by atoms with Gasteiger partial charge in [0.25, 0.3) is 5.91 Å². The van der Waals surface area contributed by atoms with Gasteiger partial charge in [-0.1, -0.05) is 61.6 Å². The van der Waals surface area contributed by atoms with Crippen LogP contribution < -0.4 is 27.0 Å². The van der Waals surface area contributed by atoms with Gasteiger partial charge in [-0.25, -0.2) is 4.98 Å². The van der Waals surface area contributed by atoms with E-state index in [1.54, 1.807) is 48.5 Å². The smallest absolute Gasteiger partial charge is 0.255 e. The number of carbonyl (C=O) groups excluding carboxylic acids is 3. The third kappa shape index (κ3) is 7.78. The molecule has 1 aromatic heterocycles. The zero-order valence-electron chi connectivity index (χ0n) is 21.9. The molecule has 0 bridgehead atoms. The first-order valence-corrected chi connectivity index (χ1v) is 13.5. The molecule has 9 nitrogen and oxygen atoms in total. The maximum absolute atomic E-state index is 13.0. The monoisotopic (exact) mass is 544 g/mol. The van der Waals surface area contributed by atoms with Crippen molar-refractivity contribution in [2.24, 2.45) is 5.92 Å². The van der Waals surface area contributed by atoms with Gasteiger partial charge < -0.3 is 27.0 Å². The first-order valence-electron chi connectivity index (χ1n) is 12.7. The number of amides is 3. The fraction of sp³-hybridized carbons (Fsp3) is 0.241. The van der Waals surface area contributed by atoms with Crippen LogP contribution in [0.4, 0.5) is 16.5 Å². The van der Waals surface area contributed by atoms with Crippen LogP contribution in [0.5, 0.6) is 0 Å². The Balaban J connectivity index is 1.28. The van der Waals surface area contributed by atoms with Gasteiger partial charge in [-0.2, -0.15) is 0 Å². The van der Waals surface area contributed by atoms with Gasteiger partial charge in [0, 0.05) is 12.1 Å². The van der Waals surface area contributed by atoms with Crippen molar-refractivity contribution >= 4 is 55.8 Å². The lowest BCUT2D eigenvalue weighted by molar-refractivity contribution is -0.128. The van der Waals surface area contributed by atoms with E-state index in [2.05, 4.69) is 26.3 Å². The maximum Gasteiger partial charge on any atom is 0.255 e. The molecule has 0 aliphatic rings. The van der Waals surface area contributed by atoms with Crippen LogP contribution >= 0.6 is 11.3 Å². The van der Waals surface area contributed by atoms with Crippen LogP contribution in [0, 0.1) is 5.92 Å². The molecule has 6 N–H and O–H groups in total. The summed E-state index contributed by atoms with van der Waals surface area (Å²) in [5, 5.41) is 12.2. The Kier molecular flexibility index (Phi) is 9.11. The highest BCUT2D eigenvalue weighted by molar-refractivity contribution is 7.22. The van der Waals surface area contributed by atoms with Gasteiger partial charge in [0.15, 0.2) is 5.13 Å². The van der Waals surface area contributed by atoms with E-state index in [9.17, 15) is 14.4 Å². The van der Waals surface area contributed by atoms with Gasteiger partial charge in [-0.15, -0.1) is 0 Å². The molecule has 4 rings (SSSR count). The number of nitrogens with one attached hydrogen (secondary N) is 4. The molecule has 3 aromatic carbocycles. The highest BCUT2D eigenvalue weighted by Crippen LogP contribution is 2.25. The molecule has 10 heteroatoms. The summed E-state index contributed by atoms with van der Waals surface area (Å²) in [5.41, 5.74) is 9.10. The summed E-state index contributed by atoms with van der Waals surface area (Å²) >= 11 is 1.47. The van der Waals surface area contributed by atoms with Crippen molar-refractivity contribution in [2.75, 3.05) is 22.9 Å². The van der Waals surface area contributed by atoms with Crippen LogP contribution in [0.25, 0.3) is 10.2 Å². The summed E-state index contributed by atoms with van der Waals surface area (Å²) in [5.74, 6) is -0.625. The number of aromatic nitrogens is 1. The number of benzene rings is 3. The van der Waals surface area contributed by atoms with Gasteiger partial charge in [-0.3, -0.25) is 14.4 Å². The van der Waals surface area contributed by atoms with Crippen LogP contribution in [0.2, 0.25) is 0 Å². The van der Waals surface area contributed by atoms with E-state index >= 15 is 0 Å².